The average molecular weight is 261 g/mol. The molecule has 0 aromatic carbocycles. The lowest BCUT2D eigenvalue weighted by Crippen LogP contribution is -2.29. The summed E-state index contributed by atoms with van der Waals surface area (Å²) in [5.41, 5.74) is 7.13. The first-order chi connectivity index (χ1) is 8.70. The van der Waals surface area contributed by atoms with Crippen molar-refractivity contribution in [1.82, 2.24) is 9.88 Å². The minimum atomic E-state index is 0.281. The quantitative estimate of drug-likeness (QED) is 0.899. The second-order valence-corrected chi connectivity index (χ2v) is 5.80. The van der Waals surface area contributed by atoms with E-state index in [1.54, 1.807) is 6.20 Å². The molecule has 0 saturated heterocycles. The molecular formula is C14H19N3S. The first-order valence-corrected chi connectivity index (χ1v) is 6.88. The maximum Gasteiger partial charge on any atom is 0.0564 e. The average Bonchev–Trinajstić information content (AvgIpc) is 2.78. The van der Waals surface area contributed by atoms with E-state index in [-0.39, 0.29) is 6.04 Å². The van der Waals surface area contributed by atoms with Crippen molar-refractivity contribution < 1.29 is 0 Å². The van der Waals surface area contributed by atoms with Crippen LogP contribution in [-0.2, 0) is 6.54 Å². The van der Waals surface area contributed by atoms with Gasteiger partial charge in [0.05, 0.1) is 6.04 Å². The lowest BCUT2D eigenvalue weighted by Gasteiger charge is -2.26. The van der Waals surface area contributed by atoms with Gasteiger partial charge in [0.25, 0.3) is 0 Å². The van der Waals surface area contributed by atoms with Gasteiger partial charge in [0.1, 0.15) is 0 Å². The largest absolute Gasteiger partial charge is 0.329 e. The van der Waals surface area contributed by atoms with Crippen molar-refractivity contribution in [2.75, 3.05) is 13.6 Å². The molecule has 0 saturated carbocycles. The van der Waals surface area contributed by atoms with Crippen molar-refractivity contribution in [2.24, 2.45) is 5.73 Å². The maximum absolute atomic E-state index is 5.92. The number of rotatable bonds is 5. The number of hydrogen-bond acceptors (Lipinski definition) is 4. The topological polar surface area (TPSA) is 42.1 Å². The molecule has 3 nitrogen and oxygen atoms in total. The molecule has 0 radical (unpaired) electrons. The molecule has 2 heterocycles. The van der Waals surface area contributed by atoms with Gasteiger partial charge in [-0.25, -0.2) is 0 Å². The Balaban J connectivity index is 2.08. The SMILES string of the molecule is Cc1ccc(C(CN)N(C)Cc2cccnc2)s1. The zero-order valence-corrected chi connectivity index (χ0v) is 11.7. The highest BCUT2D eigenvalue weighted by atomic mass is 32.1. The molecule has 0 fully saturated rings. The number of nitrogens with zero attached hydrogens (tertiary/aromatic N) is 2. The maximum atomic E-state index is 5.92. The minimum Gasteiger partial charge on any atom is -0.329 e. The van der Waals surface area contributed by atoms with Crippen molar-refractivity contribution in [2.45, 2.75) is 19.5 Å². The van der Waals surface area contributed by atoms with Crippen LogP contribution < -0.4 is 5.73 Å². The van der Waals surface area contributed by atoms with Crippen molar-refractivity contribution in [1.29, 1.82) is 0 Å². The van der Waals surface area contributed by atoms with E-state index in [0.29, 0.717) is 6.54 Å². The molecular weight excluding hydrogens is 242 g/mol. The Bertz CT molecular complexity index is 481. The normalized spacial score (nSPS) is 12.9. The number of nitrogens with two attached hydrogens (primary N) is 1. The van der Waals surface area contributed by atoms with Gasteiger partial charge in [-0.1, -0.05) is 6.07 Å². The molecule has 2 N–H and O–H groups in total. The smallest absolute Gasteiger partial charge is 0.0564 e. The van der Waals surface area contributed by atoms with Crippen molar-refractivity contribution in [3.63, 3.8) is 0 Å². The summed E-state index contributed by atoms with van der Waals surface area (Å²) in [5.74, 6) is 0. The van der Waals surface area contributed by atoms with Gasteiger partial charge in [0.15, 0.2) is 0 Å². The van der Waals surface area contributed by atoms with E-state index in [1.807, 2.05) is 23.6 Å². The summed E-state index contributed by atoms with van der Waals surface area (Å²) in [6.45, 7) is 3.63. The molecule has 1 unspecified atom stereocenters. The van der Waals surface area contributed by atoms with Gasteiger partial charge >= 0.3 is 0 Å². The van der Waals surface area contributed by atoms with Crippen LogP contribution in [0.25, 0.3) is 0 Å². The van der Waals surface area contributed by atoms with Crippen LogP contribution in [0.1, 0.15) is 21.4 Å². The molecule has 4 heteroatoms. The highest BCUT2D eigenvalue weighted by molar-refractivity contribution is 7.12. The molecule has 0 spiro atoms. The summed E-state index contributed by atoms with van der Waals surface area (Å²) in [5, 5.41) is 0. The van der Waals surface area contributed by atoms with Crippen LogP contribution in [-0.4, -0.2) is 23.5 Å². The molecule has 0 bridgehead atoms. The predicted octanol–water partition coefficient (Wildman–Crippen LogP) is 2.58. The molecule has 18 heavy (non-hydrogen) atoms. The van der Waals surface area contributed by atoms with Crippen LogP contribution in [0.5, 0.6) is 0 Å². The fourth-order valence-electron chi connectivity index (χ4n) is 2.04. The lowest BCUT2D eigenvalue weighted by atomic mass is 10.2. The number of hydrogen-bond donors (Lipinski definition) is 1. The summed E-state index contributed by atoms with van der Waals surface area (Å²) >= 11 is 1.82. The third-order valence-corrected chi connectivity index (χ3v) is 4.10. The third kappa shape index (κ3) is 3.16. The second-order valence-electron chi connectivity index (χ2n) is 4.48. The Kier molecular flexibility index (Phi) is 4.47. The lowest BCUT2D eigenvalue weighted by molar-refractivity contribution is 0.245. The van der Waals surface area contributed by atoms with E-state index >= 15 is 0 Å². The molecule has 0 aliphatic rings. The molecule has 0 amide bonds. The van der Waals surface area contributed by atoms with Gasteiger partial charge in [-0.05, 0) is 37.7 Å². The van der Waals surface area contributed by atoms with Crippen molar-refractivity contribution in [3.05, 3.63) is 52.0 Å². The summed E-state index contributed by atoms with van der Waals surface area (Å²) in [6, 6.07) is 8.67. The Morgan fingerprint density at radius 3 is 2.78 bits per heavy atom. The second kappa shape index (κ2) is 6.09. The first-order valence-electron chi connectivity index (χ1n) is 6.06. The molecule has 1 atom stereocenters. The Labute approximate surface area is 112 Å². The summed E-state index contributed by atoms with van der Waals surface area (Å²) in [6.07, 6.45) is 3.70. The van der Waals surface area contributed by atoms with Gasteiger partial charge in [-0.15, -0.1) is 11.3 Å². The van der Waals surface area contributed by atoms with Gasteiger partial charge in [0, 0.05) is 35.2 Å². The van der Waals surface area contributed by atoms with E-state index in [0.717, 1.165) is 6.54 Å². The summed E-state index contributed by atoms with van der Waals surface area (Å²) < 4.78 is 0. The van der Waals surface area contributed by atoms with E-state index in [2.05, 4.69) is 42.1 Å². The fourth-order valence-corrected chi connectivity index (χ4v) is 3.09. The van der Waals surface area contributed by atoms with Crippen LogP contribution in [0.3, 0.4) is 0 Å². The molecule has 0 aliphatic carbocycles. The van der Waals surface area contributed by atoms with E-state index < -0.39 is 0 Å². The molecule has 96 valence electrons. The van der Waals surface area contributed by atoms with E-state index in [9.17, 15) is 0 Å². The monoisotopic (exact) mass is 261 g/mol. The summed E-state index contributed by atoms with van der Waals surface area (Å²) in [7, 11) is 2.11. The highest BCUT2D eigenvalue weighted by Gasteiger charge is 2.17. The van der Waals surface area contributed by atoms with Gasteiger partial charge in [0.2, 0.25) is 0 Å². The third-order valence-electron chi connectivity index (χ3n) is 3.00. The standard InChI is InChI=1S/C14H19N3S/c1-11-5-6-14(18-11)13(8-15)17(2)10-12-4-3-7-16-9-12/h3-7,9,13H,8,10,15H2,1-2H3. The van der Waals surface area contributed by atoms with Crippen LogP contribution >= 0.6 is 11.3 Å². The van der Waals surface area contributed by atoms with Crippen molar-refractivity contribution in [3.8, 4) is 0 Å². The van der Waals surface area contributed by atoms with Gasteiger partial charge in [-0.2, -0.15) is 0 Å². The predicted molar refractivity (Wildman–Crippen MR) is 76.6 cm³/mol. The van der Waals surface area contributed by atoms with Crippen molar-refractivity contribution >= 4 is 11.3 Å². The van der Waals surface area contributed by atoms with Crippen LogP contribution in [0, 0.1) is 6.92 Å². The Morgan fingerprint density at radius 2 is 2.22 bits per heavy atom. The highest BCUT2D eigenvalue weighted by Crippen LogP contribution is 2.26. The Hall–Kier alpha value is -1.23. The first kappa shape index (κ1) is 13.2. The van der Waals surface area contributed by atoms with Crippen LogP contribution in [0.15, 0.2) is 36.7 Å². The molecule has 2 rings (SSSR count). The zero-order valence-electron chi connectivity index (χ0n) is 10.8. The molecule has 0 aliphatic heterocycles. The number of aryl methyl sites for hydroxylation is 1. The molecule has 2 aromatic heterocycles. The van der Waals surface area contributed by atoms with Gasteiger partial charge < -0.3 is 5.73 Å². The van der Waals surface area contributed by atoms with Crippen LogP contribution in [0.4, 0.5) is 0 Å². The number of thiophene rings is 1. The van der Waals surface area contributed by atoms with E-state index in [4.69, 9.17) is 5.73 Å². The summed E-state index contributed by atoms with van der Waals surface area (Å²) in [4.78, 5) is 9.09. The van der Waals surface area contributed by atoms with Crippen LogP contribution in [0.2, 0.25) is 0 Å². The number of likely N-dealkylation sites (N-methyl/N-ethyl adjacent to an activating group) is 1. The molecule has 2 aromatic rings. The minimum absolute atomic E-state index is 0.281. The fraction of sp³-hybridized carbons (Fsp3) is 0.357. The number of pyridine rings is 1. The number of aromatic nitrogens is 1. The van der Waals surface area contributed by atoms with E-state index in [1.165, 1.54) is 15.3 Å². The Morgan fingerprint density at radius 1 is 1.39 bits per heavy atom. The zero-order chi connectivity index (χ0) is 13.0. The van der Waals surface area contributed by atoms with Gasteiger partial charge in [-0.3, -0.25) is 9.88 Å².